The number of hydrogen-bond acceptors (Lipinski definition) is 2. The van der Waals surface area contributed by atoms with E-state index in [4.69, 9.17) is 0 Å². The number of pyridine rings is 3. The lowest BCUT2D eigenvalue weighted by atomic mass is 10.0. The van der Waals surface area contributed by atoms with Crippen LogP contribution in [-0.2, 0) is 0 Å². The van der Waals surface area contributed by atoms with E-state index in [1.54, 1.807) is 10.6 Å². The maximum absolute atomic E-state index is 12.8. The highest BCUT2D eigenvalue weighted by Gasteiger charge is 2.11. The zero-order chi connectivity index (χ0) is 14.6. The fraction of sp³-hybridized carbons (Fsp3) is 0.111. The van der Waals surface area contributed by atoms with Gasteiger partial charge in [0.15, 0.2) is 0 Å². The Morgan fingerprint density at radius 2 is 1.86 bits per heavy atom. The van der Waals surface area contributed by atoms with Crippen LogP contribution in [0.5, 0.6) is 0 Å². The van der Waals surface area contributed by atoms with Crippen LogP contribution in [0, 0.1) is 13.8 Å². The third-order valence-corrected chi connectivity index (χ3v) is 3.98. The molecule has 0 saturated heterocycles. The average molecular weight is 274 g/mol. The Hall–Kier alpha value is -2.68. The molecule has 1 aromatic carbocycles. The van der Waals surface area contributed by atoms with E-state index in [0.29, 0.717) is 5.39 Å². The van der Waals surface area contributed by atoms with E-state index < -0.39 is 0 Å². The molecule has 102 valence electrons. The van der Waals surface area contributed by atoms with Gasteiger partial charge < -0.3 is 0 Å². The van der Waals surface area contributed by atoms with E-state index in [2.05, 4.69) is 30.1 Å². The van der Waals surface area contributed by atoms with E-state index in [0.717, 1.165) is 27.5 Å². The highest BCUT2D eigenvalue weighted by molar-refractivity contribution is 6.07. The van der Waals surface area contributed by atoms with Crippen LogP contribution in [0.25, 0.3) is 27.2 Å². The van der Waals surface area contributed by atoms with E-state index in [1.807, 2.05) is 31.2 Å². The number of hydrogen-bond donors (Lipinski definition) is 0. The molecule has 3 aromatic heterocycles. The zero-order valence-corrected chi connectivity index (χ0v) is 11.9. The molecule has 0 aliphatic rings. The first-order valence-electron chi connectivity index (χ1n) is 6.96. The van der Waals surface area contributed by atoms with Crippen LogP contribution in [0.1, 0.15) is 11.3 Å². The van der Waals surface area contributed by atoms with Gasteiger partial charge in [0.1, 0.15) is 0 Å². The smallest absolute Gasteiger partial charge is 0.264 e. The molecule has 0 N–H and O–H groups in total. The molecular weight excluding hydrogens is 260 g/mol. The van der Waals surface area contributed by atoms with E-state index >= 15 is 0 Å². The zero-order valence-electron chi connectivity index (χ0n) is 11.9. The Bertz CT molecular complexity index is 1080. The number of nitrogens with zero attached hydrogens (tertiary/aromatic N) is 2. The Labute approximate surface area is 121 Å². The second-order valence-corrected chi connectivity index (χ2v) is 5.45. The van der Waals surface area contributed by atoms with Gasteiger partial charge in [-0.3, -0.25) is 14.2 Å². The Morgan fingerprint density at radius 3 is 2.71 bits per heavy atom. The molecule has 0 bridgehead atoms. The number of benzene rings is 1. The molecule has 4 aromatic rings. The summed E-state index contributed by atoms with van der Waals surface area (Å²) in [6, 6.07) is 14.0. The summed E-state index contributed by atoms with van der Waals surface area (Å²) >= 11 is 0. The number of aryl methyl sites for hydroxylation is 2. The summed E-state index contributed by atoms with van der Waals surface area (Å²) in [6.07, 6.45) is 1.80. The molecule has 0 fully saturated rings. The van der Waals surface area contributed by atoms with Gasteiger partial charge in [-0.1, -0.05) is 17.7 Å². The van der Waals surface area contributed by atoms with Crippen molar-refractivity contribution in [3.8, 4) is 0 Å². The van der Waals surface area contributed by atoms with Gasteiger partial charge in [-0.2, -0.15) is 0 Å². The summed E-state index contributed by atoms with van der Waals surface area (Å²) in [5.74, 6) is 0. The van der Waals surface area contributed by atoms with Crippen molar-refractivity contribution in [1.82, 2.24) is 9.38 Å². The van der Waals surface area contributed by atoms with Gasteiger partial charge in [0, 0.05) is 22.5 Å². The van der Waals surface area contributed by atoms with Crippen molar-refractivity contribution in [3.63, 3.8) is 0 Å². The van der Waals surface area contributed by atoms with Crippen molar-refractivity contribution >= 4 is 27.2 Å². The molecular formula is C18H14N2O. The third kappa shape index (κ3) is 1.67. The van der Waals surface area contributed by atoms with Gasteiger partial charge in [-0.25, -0.2) is 0 Å². The van der Waals surface area contributed by atoms with E-state index in [1.165, 1.54) is 5.56 Å². The summed E-state index contributed by atoms with van der Waals surface area (Å²) in [6.45, 7) is 3.96. The average Bonchev–Trinajstić information content (AvgIpc) is 2.48. The first-order chi connectivity index (χ1) is 10.1. The quantitative estimate of drug-likeness (QED) is 0.362. The largest absolute Gasteiger partial charge is 0.284 e. The predicted octanol–water partition coefficient (Wildman–Crippen LogP) is 3.62. The van der Waals surface area contributed by atoms with Crippen LogP contribution >= 0.6 is 0 Å². The SMILES string of the molecule is Cc1ccc2nc(C)c3c(=O)n4ccccc4cc3c2c1. The number of rotatable bonds is 0. The van der Waals surface area contributed by atoms with E-state index in [9.17, 15) is 4.79 Å². The van der Waals surface area contributed by atoms with Gasteiger partial charge in [0.05, 0.1) is 16.6 Å². The molecule has 4 rings (SSSR count). The minimum absolute atomic E-state index is 0.00324. The van der Waals surface area contributed by atoms with Gasteiger partial charge in [0.25, 0.3) is 5.56 Å². The third-order valence-electron chi connectivity index (χ3n) is 3.98. The fourth-order valence-corrected chi connectivity index (χ4v) is 2.98. The normalized spacial score (nSPS) is 11.5. The van der Waals surface area contributed by atoms with E-state index in [-0.39, 0.29) is 5.56 Å². The van der Waals surface area contributed by atoms with Gasteiger partial charge in [-0.15, -0.1) is 0 Å². The van der Waals surface area contributed by atoms with Crippen molar-refractivity contribution in [2.24, 2.45) is 0 Å². The number of fused-ring (bicyclic) bond motifs is 4. The maximum atomic E-state index is 12.8. The lowest BCUT2D eigenvalue weighted by Gasteiger charge is -2.09. The second-order valence-electron chi connectivity index (χ2n) is 5.45. The molecule has 0 amide bonds. The summed E-state index contributed by atoms with van der Waals surface area (Å²) in [5, 5.41) is 2.73. The van der Waals surface area contributed by atoms with Crippen LogP contribution in [0.2, 0.25) is 0 Å². The van der Waals surface area contributed by atoms with Crippen molar-refractivity contribution < 1.29 is 0 Å². The lowest BCUT2D eigenvalue weighted by Crippen LogP contribution is -2.14. The fourth-order valence-electron chi connectivity index (χ4n) is 2.98. The molecule has 0 atom stereocenters. The van der Waals surface area contributed by atoms with Crippen LogP contribution < -0.4 is 5.56 Å². The topological polar surface area (TPSA) is 34.4 Å². The first kappa shape index (κ1) is 12.1. The summed E-state index contributed by atoms with van der Waals surface area (Å²) in [7, 11) is 0. The first-order valence-corrected chi connectivity index (χ1v) is 6.96. The van der Waals surface area contributed by atoms with Crippen LogP contribution in [0.15, 0.2) is 53.5 Å². The van der Waals surface area contributed by atoms with Crippen molar-refractivity contribution in [3.05, 3.63) is 70.3 Å². The summed E-state index contributed by atoms with van der Waals surface area (Å²) < 4.78 is 1.68. The number of aromatic nitrogens is 2. The van der Waals surface area contributed by atoms with Crippen molar-refractivity contribution in [2.75, 3.05) is 0 Å². The standard InChI is InChI=1S/C18H14N2O/c1-11-6-7-16-14(9-11)15-10-13-5-3-4-8-20(13)18(21)17(15)12(2)19-16/h3-10H,1-2H3. The molecule has 3 heteroatoms. The summed E-state index contributed by atoms with van der Waals surface area (Å²) in [4.78, 5) is 17.4. The van der Waals surface area contributed by atoms with Gasteiger partial charge in [-0.05, 0) is 44.2 Å². The minimum Gasteiger partial charge on any atom is -0.284 e. The van der Waals surface area contributed by atoms with Crippen LogP contribution in [0.4, 0.5) is 0 Å². The molecule has 0 aliphatic carbocycles. The second kappa shape index (κ2) is 4.16. The Morgan fingerprint density at radius 1 is 1.00 bits per heavy atom. The molecule has 0 saturated carbocycles. The molecule has 0 radical (unpaired) electrons. The Kier molecular flexibility index (Phi) is 2.39. The summed E-state index contributed by atoms with van der Waals surface area (Å²) in [5.41, 5.74) is 3.79. The molecule has 21 heavy (non-hydrogen) atoms. The van der Waals surface area contributed by atoms with Crippen LogP contribution in [0.3, 0.4) is 0 Å². The molecule has 0 unspecified atom stereocenters. The monoisotopic (exact) mass is 274 g/mol. The molecule has 3 nitrogen and oxygen atoms in total. The highest BCUT2D eigenvalue weighted by Crippen LogP contribution is 2.26. The van der Waals surface area contributed by atoms with Crippen molar-refractivity contribution in [2.45, 2.75) is 13.8 Å². The highest BCUT2D eigenvalue weighted by atomic mass is 16.1. The lowest BCUT2D eigenvalue weighted by molar-refractivity contribution is 1.11. The minimum atomic E-state index is -0.00324. The van der Waals surface area contributed by atoms with Crippen LogP contribution in [-0.4, -0.2) is 9.38 Å². The molecule has 3 heterocycles. The van der Waals surface area contributed by atoms with Gasteiger partial charge in [0.2, 0.25) is 0 Å². The maximum Gasteiger partial charge on any atom is 0.264 e. The van der Waals surface area contributed by atoms with Crippen molar-refractivity contribution in [1.29, 1.82) is 0 Å². The molecule has 0 spiro atoms. The molecule has 0 aliphatic heterocycles. The predicted molar refractivity (Wildman–Crippen MR) is 85.9 cm³/mol. The Balaban J connectivity index is 2.37. The van der Waals surface area contributed by atoms with Gasteiger partial charge >= 0.3 is 0 Å².